The van der Waals surface area contributed by atoms with Gasteiger partial charge in [0.2, 0.25) is 0 Å². The monoisotopic (exact) mass is 402 g/mol. The summed E-state index contributed by atoms with van der Waals surface area (Å²) in [6.07, 6.45) is 5.49. The summed E-state index contributed by atoms with van der Waals surface area (Å²) in [4.78, 5) is 25.0. The van der Waals surface area contributed by atoms with Gasteiger partial charge >= 0.3 is 11.9 Å². The molecule has 0 spiro atoms. The number of para-hydroxylation sites is 1. The molecule has 0 bridgehead atoms. The quantitative estimate of drug-likeness (QED) is 0.559. The highest BCUT2D eigenvalue weighted by Crippen LogP contribution is 2.41. The van der Waals surface area contributed by atoms with Crippen molar-refractivity contribution in [2.45, 2.75) is 50.7 Å². The number of carbonyl (C=O) groups is 2. The molecule has 0 radical (unpaired) electrons. The number of esters is 2. The van der Waals surface area contributed by atoms with Crippen LogP contribution < -0.4 is 4.74 Å². The van der Waals surface area contributed by atoms with Gasteiger partial charge in [-0.05, 0) is 31.7 Å². The molecule has 5 atom stereocenters. The first-order valence-corrected chi connectivity index (χ1v) is 10.8. The minimum atomic E-state index is -0.645. The van der Waals surface area contributed by atoms with E-state index in [2.05, 4.69) is 7.05 Å². The maximum atomic E-state index is 13.0. The lowest BCUT2D eigenvalue weighted by molar-refractivity contribution is -0.947. The van der Waals surface area contributed by atoms with E-state index in [-0.39, 0.29) is 18.4 Å². The van der Waals surface area contributed by atoms with E-state index in [4.69, 9.17) is 14.2 Å². The number of nitrogens with zero attached hydrogens (tertiary/aromatic N) is 1. The van der Waals surface area contributed by atoms with E-state index >= 15 is 0 Å². The molecule has 1 aromatic rings. The van der Waals surface area contributed by atoms with Gasteiger partial charge in [0.15, 0.2) is 0 Å². The van der Waals surface area contributed by atoms with Gasteiger partial charge in [-0.15, -0.1) is 0 Å². The molecule has 0 aliphatic carbocycles. The van der Waals surface area contributed by atoms with Crippen molar-refractivity contribution in [1.29, 1.82) is 0 Å². The fourth-order valence-electron chi connectivity index (χ4n) is 5.67. The Bertz CT molecular complexity index is 761. The van der Waals surface area contributed by atoms with Crippen LogP contribution in [0.5, 0.6) is 5.75 Å². The van der Waals surface area contributed by atoms with E-state index in [1.165, 1.54) is 38.8 Å². The molecule has 6 nitrogen and oxygen atoms in total. The second-order valence-corrected chi connectivity index (χ2v) is 8.99. The molecule has 0 N–H and O–H groups in total. The van der Waals surface area contributed by atoms with Crippen molar-refractivity contribution >= 4 is 11.9 Å². The smallest absolute Gasteiger partial charge is 0.313 e. The van der Waals surface area contributed by atoms with E-state index in [0.717, 1.165) is 16.5 Å². The SMILES string of the molecule is COc1ccccc1C1OC(=O)C[C@H]1C(=O)OC[C@@H]1CCC[N+]2(C)CCCC[C@H]12. The fraction of sp³-hybridized carbons (Fsp3) is 0.652. The number of hydrogen-bond acceptors (Lipinski definition) is 5. The Labute approximate surface area is 172 Å². The van der Waals surface area contributed by atoms with E-state index in [1.54, 1.807) is 7.11 Å². The number of rotatable bonds is 5. The third-order valence-corrected chi connectivity index (χ3v) is 7.21. The largest absolute Gasteiger partial charge is 0.496 e. The molecule has 3 heterocycles. The lowest BCUT2D eigenvalue weighted by Gasteiger charge is -2.51. The number of carbonyl (C=O) groups excluding carboxylic acids is 2. The molecule has 0 amide bonds. The Morgan fingerprint density at radius 1 is 1.17 bits per heavy atom. The Morgan fingerprint density at radius 2 is 1.97 bits per heavy atom. The molecule has 3 saturated heterocycles. The van der Waals surface area contributed by atoms with Crippen molar-refractivity contribution in [2.75, 3.05) is 33.9 Å². The van der Waals surface area contributed by atoms with Crippen LogP contribution >= 0.6 is 0 Å². The number of benzene rings is 1. The second-order valence-electron chi connectivity index (χ2n) is 8.99. The van der Waals surface area contributed by atoms with Crippen LogP contribution in [0.2, 0.25) is 0 Å². The first-order valence-electron chi connectivity index (χ1n) is 10.8. The number of quaternary nitrogens is 1. The maximum absolute atomic E-state index is 13.0. The molecule has 3 aliphatic heterocycles. The van der Waals surface area contributed by atoms with Crippen molar-refractivity contribution in [2.24, 2.45) is 11.8 Å². The van der Waals surface area contributed by atoms with Gasteiger partial charge in [-0.3, -0.25) is 9.59 Å². The van der Waals surface area contributed by atoms with Crippen LogP contribution in [0.15, 0.2) is 24.3 Å². The minimum absolute atomic E-state index is 0.0589. The molecule has 1 aromatic carbocycles. The summed E-state index contributed by atoms with van der Waals surface area (Å²) < 4.78 is 17.8. The zero-order chi connectivity index (χ0) is 20.4. The summed E-state index contributed by atoms with van der Waals surface area (Å²) in [5, 5.41) is 0. The van der Waals surface area contributed by atoms with Gasteiger partial charge in [-0.25, -0.2) is 0 Å². The standard InChI is InChI=1S/C23H32NO5/c1-24-12-6-5-10-19(24)16(8-7-13-24)15-28-23(26)18-14-21(25)29-22(18)17-9-3-4-11-20(17)27-2/h3-4,9,11,16,18-19,22H,5-8,10,12-15H2,1-2H3/q+1/t16-,18+,19+,22?,24?/m0/s1. The topological polar surface area (TPSA) is 61.8 Å². The van der Waals surface area contributed by atoms with Gasteiger partial charge in [0, 0.05) is 17.9 Å². The van der Waals surface area contributed by atoms with Crippen molar-refractivity contribution in [3.63, 3.8) is 0 Å². The van der Waals surface area contributed by atoms with Crippen LogP contribution in [0.4, 0.5) is 0 Å². The first-order chi connectivity index (χ1) is 14.0. The van der Waals surface area contributed by atoms with Gasteiger partial charge in [-0.2, -0.15) is 0 Å². The summed E-state index contributed by atoms with van der Waals surface area (Å²) in [6, 6.07) is 7.95. The third-order valence-electron chi connectivity index (χ3n) is 7.21. The van der Waals surface area contributed by atoms with Crippen LogP contribution in [0.1, 0.15) is 50.2 Å². The predicted molar refractivity (Wildman–Crippen MR) is 107 cm³/mol. The molecule has 3 aliphatic rings. The molecule has 4 rings (SSSR count). The Balaban J connectivity index is 1.44. The van der Waals surface area contributed by atoms with Crippen molar-refractivity contribution in [3.8, 4) is 5.75 Å². The lowest BCUT2D eigenvalue weighted by Crippen LogP contribution is -2.61. The van der Waals surface area contributed by atoms with E-state index < -0.39 is 12.0 Å². The number of hydrogen-bond donors (Lipinski definition) is 0. The summed E-state index contributed by atoms with van der Waals surface area (Å²) in [6.45, 7) is 2.91. The number of ether oxygens (including phenoxy) is 3. The van der Waals surface area contributed by atoms with E-state index in [9.17, 15) is 9.59 Å². The molecule has 6 heteroatoms. The third kappa shape index (κ3) is 4.00. The number of piperidine rings is 2. The second kappa shape index (κ2) is 8.34. The Hall–Kier alpha value is -2.08. The van der Waals surface area contributed by atoms with Crippen LogP contribution in [0.3, 0.4) is 0 Å². The molecule has 0 saturated carbocycles. The van der Waals surface area contributed by atoms with Gasteiger partial charge < -0.3 is 18.7 Å². The average Bonchev–Trinajstić information content (AvgIpc) is 3.13. The van der Waals surface area contributed by atoms with Gasteiger partial charge in [-0.1, -0.05) is 18.2 Å². The summed E-state index contributed by atoms with van der Waals surface area (Å²) in [7, 11) is 3.93. The van der Waals surface area contributed by atoms with Crippen molar-refractivity contribution in [3.05, 3.63) is 29.8 Å². The number of fused-ring (bicyclic) bond motifs is 1. The zero-order valence-electron chi connectivity index (χ0n) is 17.5. The summed E-state index contributed by atoms with van der Waals surface area (Å²) >= 11 is 0. The van der Waals surface area contributed by atoms with E-state index in [0.29, 0.717) is 24.3 Å². The molecule has 3 fully saturated rings. The average molecular weight is 403 g/mol. The fourth-order valence-corrected chi connectivity index (χ4v) is 5.67. The van der Waals surface area contributed by atoms with Crippen LogP contribution in [-0.4, -0.2) is 56.3 Å². The molecular weight excluding hydrogens is 370 g/mol. The van der Waals surface area contributed by atoms with Crippen LogP contribution in [0, 0.1) is 11.8 Å². The molecular formula is C23H32NO5+. The highest BCUT2D eigenvalue weighted by atomic mass is 16.6. The summed E-state index contributed by atoms with van der Waals surface area (Å²) in [5.41, 5.74) is 0.719. The van der Waals surface area contributed by atoms with Gasteiger partial charge in [0.05, 0.1) is 46.3 Å². The molecule has 158 valence electrons. The van der Waals surface area contributed by atoms with Crippen LogP contribution in [-0.2, 0) is 19.1 Å². The highest BCUT2D eigenvalue weighted by Gasteiger charge is 2.46. The van der Waals surface area contributed by atoms with Crippen LogP contribution in [0.25, 0.3) is 0 Å². The predicted octanol–water partition coefficient (Wildman–Crippen LogP) is 3.25. The molecule has 29 heavy (non-hydrogen) atoms. The highest BCUT2D eigenvalue weighted by molar-refractivity contribution is 5.84. The normalized spacial score (nSPS) is 34.2. The molecule has 0 aromatic heterocycles. The zero-order valence-corrected chi connectivity index (χ0v) is 17.5. The van der Waals surface area contributed by atoms with E-state index in [1.807, 2.05) is 24.3 Å². The van der Waals surface area contributed by atoms with Crippen molar-refractivity contribution < 1.29 is 28.3 Å². The van der Waals surface area contributed by atoms with Gasteiger partial charge in [0.1, 0.15) is 17.8 Å². The maximum Gasteiger partial charge on any atom is 0.313 e. The van der Waals surface area contributed by atoms with Crippen molar-refractivity contribution in [1.82, 2.24) is 0 Å². The summed E-state index contributed by atoms with van der Waals surface area (Å²) in [5.74, 6) is -0.290. The molecule has 2 unspecified atom stereocenters. The Morgan fingerprint density at radius 3 is 2.79 bits per heavy atom. The number of methoxy groups -OCH3 is 1. The Kier molecular flexibility index (Phi) is 5.81. The number of cyclic esters (lactones) is 1. The minimum Gasteiger partial charge on any atom is -0.496 e. The van der Waals surface area contributed by atoms with Gasteiger partial charge in [0.25, 0.3) is 0 Å². The lowest BCUT2D eigenvalue weighted by atomic mass is 9.82. The first kappa shape index (κ1) is 20.2.